The van der Waals surface area contributed by atoms with Crippen molar-refractivity contribution in [3.63, 3.8) is 0 Å². The van der Waals surface area contributed by atoms with Crippen molar-refractivity contribution in [2.75, 3.05) is 0 Å². The van der Waals surface area contributed by atoms with E-state index in [0.717, 1.165) is 25.7 Å². The minimum atomic E-state index is -0.130. The minimum Gasteiger partial charge on any atom is -0.296 e. The predicted molar refractivity (Wildman–Crippen MR) is 45.4 cm³/mol. The van der Waals surface area contributed by atoms with Crippen LogP contribution in [0.3, 0.4) is 0 Å². The van der Waals surface area contributed by atoms with Crippen LogP contribution in [0.25, 0.3) is 0 Å². The highest BCUT2D eigenvalue weighted by Crippen LogP contribution is 2.26. The van der Waals surface area contributed by atoms with Gasteiger partial charge in [0.15, 0.2) is 0 Å². The summed E-state index contributed by atoms with van der Waals surface area (Å²) in [4.78, 5) is 22.1. The summed E-state index contributed by atoms with van der Waals surface area (Å²) in [5.74, 6) is -0.0834. The van der Waals surface area contributed by atoms with E-state index in [1.807, 2.05) is 6.92 Å². The maximum absolute atomic E-state index is 11.2. The van der Waals surface area contributed by atoms with Gasteiger partial charge in [0.25, 0.3) is 0 Å². The van der Waals surface area contributed by atoms with Crippen LogP contribution in [0.2, 0.25) is 0 Å². The molecule has 0 aromatic carbocycles. The second kappa shape index (κ2) is 4.24. The molecule has 1 aliphatic carbocycles. The number of carbonyl (C=O) groups excluding carboxylic acids is 2. The number of rotatable bonds is 3. The molecule has 0 atom stereocenters. The Hall–Kier alpha value is -0.860. The van der Waals surface area contributed by atoms with Gasteiger partial charge in [0.1, 0.15) is 0 Å². The molecule has 1 fully saturated rings. The summed E-state index contributed by atoms with van der Waals surface area (Å²) in [6.07, 6.45) is 4.28. The molecule has 0 unspecified atom stereocenters. The van der Waals surface area contributed by atoms with Crippen molar-refractivity contribution in [3.05, 3.63) is 0 Å². The van der Waals surface area contributed by atoms with Gasteiger partial charge in [-0.15, -0.1) is 0 Å². The number of nitrogens with one attached hydrogen (secondary N) is 1. The molecule has 0 saturated heterocycles. The standard InChI is InChI=1S/C9H15NO2/c1-2-4-8(11)10-9(12)7-5-3-6-7/h7H,2-6H2,1H3,(H,10,11,12). The molecule has 68 valence electrons. The number of carbonyl (C=O) groups is 2. The number of imide groups is 1. The molecule has 0 aliphatic heterocycles. The van der Waals surface area contributed by atoms with E-state index in [4.69, 9.17) is 0 Å². The molecule has 0 aromatic heterocycles. The van der Waals surface area contributed by atoms with Gasteiger partial charge in [-0.25, -0.2) is 0 Å². The van der Waals surface area contributed by atoms with Gasteiger partial charge in [0.2, 0.25) is 11.8 Å². The van der Waals surface area contributed by atoms with Gasteiger partial charge >= 0.3 is 0 Å². The molecule has 0 radical (unpaired) electrons. The Morgan fingerprint density at radius 3 is 2.50 bits per heavy atom. The average Bonchev–Trinajstić information content (AvgIpc) is 1.82. The maximum atomic E-state index is 11.2. The Balaban J connectivity index is 2.20. The first-order chi connectivity index (χ1) is 5.74. The van der Waals surface area contributed by atoms with E-state index in [1.54, 1.807) is 0 Å². The molecular weight excluding hydrogens is 154 g/mol. The molecule has 0 aromatic rings. The largest absolute Gasteiger partial charge is 0.296 e. The van der Waals surface area contributed by atoms with E-state index in [0.29, 0.717) is 6.42 Å². The number of hydrogen-bond acceptors (Lipinski definition) is 2. The van der Waals surface area contributed by atoms with Crippen LogP contribution >= 0.6 is 0 Å². The van der Waals surface area contributed by atoms with Gasteiger partial charge in [-0.2, -0.15) is 0 Å². The molecule has 2 amide bonds. The number of amides is 2. The molecule has 1 aliphatic rings. The van der Waals surface area contributed by atoms with E-state index >= 15 is 0 Å². The molecular formula is C9H15NO2. The molecule has 1 rings (SSSR count). The Labute approximate surface area is 72.5 Å². The van der Waals surface area contributed by atoms with Crippen LogP contribution in [-0.4, -0.2) is 11.8 Å². The van der Waals surface area contributed by atoms with Crippen LogP contribution in [0.15, 0.2) is 0 Å². The fourth-order valence-electron chi connectivity index (χ4n) is 1.20. The Bertz CT molecular complexity index is 185. The van der Waals surface area contributed by atoms with E-state index in [2.05, 4.69) is 5.32 Å². The predicted octanol–water partition coefficient (Wildman–Crippen LogP) is 1.23. The third kappa shape index (κ3) is 2.32. The molecule has 3 nitrogen and oxygen atoms in total. The topological polar surface area (TPSA) is 46.2 Å². The fourth-order valence-corrected chi connectivity index (χ4v) is 1.20. The van der Waals surface area contributed by atoms with Crippen molar-refractivity contribution in [2.24, 2.45) is 5.92 Å². The summed E-state index contributed by atoms with van der Waals surface area (Å²) in [6.45, 7) is 1.92. The Morgan fingerprint density at radius 1 is 1.42 bits per heavy atom. The summed E-state index contributed by atoms with van der Waals surface area (Å²) < 4.78 is 0. The first-order valence-corrected chi connectivity index (χ1v) is 4.57. The van der Waals surface area contributed by atoms with E-state index in [-0.39, 0.29) is 17.7 Å². The lowest BCUT2D eigenvalue weighted by molar-refractivity contribution is -0.134. The highest BCUT2D eigenvalue weighted by atomic mass is 16.2. The molecule has 1 saturated carbocycles. The fraction of sp³-hybridized carbons (Fsp3) is 0.778. The van der Waals surface area contributed by atoms with Crippen LogP contribution < -0.4 is 5.32 Å². The molecule has 3 heteroatoms. The lowest BCUT2D eigenvalue weighted by Gasteiger charge is -2.23. The minimum absolute atomic E-state index is 0.0697. The summed E-state index contributed by atoms with van der Waals surface area (Å²) in [6, 6.07) is 0. The summed E-state index contributed by atoms with van der Waals surface area (Å²) in [7, 11) is 0. The van der Waals surface area contributed by atoms with Gasteiger partial charge in [-0.1, -0.05) is 13.3 Å². The van der Waals surface area contributed by atoms with E-state index in [1.165, 1.54) is 0 Å². The third-order valence-electron chi connectivity index (χ3n) is 2.22. The van der Waals surface area contributed by atoms with Crippen molar-refractivity contribution in [1.29, 1.82) is 0 Å². The van der Waals surface area contributed by atoms with Crippen LogP contribution in [0, 0.1) is 5.92 Å². The van der Waals surface area contributed by atoms with Crippen LogP contribution in [0.4, 0.5) is 0 Å². The SMILES string of the molecule is CCCC(=O)NC(=O)C1CCC1. The van der Waals surface area contributed by atoms with E-state index < -0.39 is 0 Å². The van der Waals surface area contributed by atoms with Crippen LogP contribution in [0.1, 0.15) is 39.0 Å². The zero-order valence-corrected chi connectivity index (χ0v) is 7.43. The molecule has 12 heavy (non-hydrogen) atoms. The molecule has 0 heterocycles. The summed E-state index contributed by atoms with van der Waals surface area (Å²) in [5, 5.41) is 2.40. The average molecular weight is 169 g/mol. The van der Waals surface area contributed by atoms with Crippen molar-refractivity contribution >= 4 is 11.8 Å². The monoisotopic (exact) mass is 169 g/mol. The van der Waals surface area contributed by atoms with Gasteiger partial charge in [0.05, 0.1) is 0 Å². The third-order valence-corrected chi connectivity index (χ3v) is 2.22. The Morgan fingerprint density at radius 2 is 2.08 bits per heavy atom. The first kappa shape index (κ1) is 9.23. The second-order valence-electron chi connectivity index (χ2n) is 3.29. The second-order valence-corrected chi connectivity index (χ2v) is 3.29. The molecule has 1 N–H and O–H groups in total. The smallest absolute Gasteiger partial charge is 0.229 e. The first-order valence-electron chi connectivity index (χ1n) is 4.57. The zero-order valence-electron chi connectivity index (χ0n) is 7.43. The van der Waals surface area contributed by atoms with Gasteiger partial charge in [-0.3, -0.25) is 14.9 Å². The summed E-state index contributed by atoms with van der Waals surface area (Å²) >= 11 is 0. The van der Waals surface area contributed by atoms with Crippen molar-refractivity contribution < 1.29 is 9.59 Å². The van der Waals surface area contributed by atoms with Crippen LogP contribution in [-0.2, 0) is 9.59 Å². The van der Waals surface area contributed by atoms with Gasteiger partial charge in [0, 0.05) is 12.3 Å². The summed E-state index contributed by atoms with van der Waals surface area (Å²) in [5.41, 5.74) is 0. The number of hydrogen-bond donors (Lipinski definition) is 1. The lowest BCUT2D eigenvalue weighted by Crippen LogP contribution is -2.38. The van der Waals surface area contributed by atoms with E-state index in [9.17, 15) is 9.59 Å². The highest BCUT2D eigenvalue weighted by molar-refractivity contribution is 5.96. The Kier molecular flexibility index (Phi) is 3.26. The highest BCUT2D eigenvalue weighted by Gasteiger charge is 2.25. The van der Waals surface area contributed by atoms with Crippen molar-refractivity contribution in [1.82, 2.24) is 5.32 Å². The van der Waals surface area contributed by atoms with Gasteiger partial charge in [-0.05, 0) is 19.3 Å². The molecule has 0 bridgehead atoms. The quantitative estimate of drug-likeness (QED) is 0.690. The van der Waals surface area contributed by atoms with Crippen molar-refractivity contribution in [3.8, 4) is 0 Å². The normalized spacial score (nSPS) is 16.8. The molecule has 0 spiro atoms. The van der Waals surface area contributed by atoms with Crippen molar-refractivity contribution in [2.45, 2.75) is 39.0 Å². The maximum Gasteiger partial charge on any atom is 0.229 e. The lowest BCUT2D eigenvalue weighted by atomic mass is 9.85. The van der Waals surface area contributed by atoms with Gasteiger partial charge < -0.3 is 0 Å². The zero-order chi connectivity index (χ0) is 8.97. The van der Waals surface area contributed by atoms with Crippen LogP contribution in [0.5, 0.6) is 0 Å².